The van der Waals surface area contributed by atoms with Gasteiger partial charge >= 0.3 is 0 Å². The van der Waals surface area contributed by atoms with Crippen LogP contribution in [0.25, 0.3) is 11.0 Å². The number of hydrogen-bond acceptors (Lipinski definition) is 4. The van der Waals surface area contributed by atoms with Gasteiger partial charge in [-0.1, -0.05) is 54.1 Å². The number of benzene rings is 3. The van der Waals surface area contributed by atoms with Gasteiger partial charge in [-0.15, -0.1) is 0 Å². The summed E-state index contributed by atoms with van der Waals surface area (Å²) in [7, 11) is 0. The Kier molecular flexibility index (Phi) is 5.82. The highest BCUT2D eigenvalue weighted by Gasteiger charge is 2.25. The third kappa shape index (κ3) is 4.14. The van der Waals surface area contributed by atoms with E-state index in [1.807, 2.05) is 69.3 Å². The molecule has 1 heterocycles. The second kappa shape index (κ2) is 8.71. The largest absolute Gasteiger partial charge is 0.481 e. The fourth-order valence-corrected chi connectivity index (χ4v) is 3.49. The van der Waals surface area contributed by atoms with Gasteiger partial charge in [-0.05, 0) is 57.0 Å². The van der Waals surface area contributed by atoms with Crippen molar-refractivity contribution in [3.05, 3.63) is 94.7 Å². The molecule has 0 saturated heterocycles. The summed E-state index contributed by atoms with van der Waals surface area (Å²) >= 11 is 0. The monoisotopic (exact) mass is 427 g/mol. The number of aryl methyl sites for hydroxylation is 2. The molecule has 0 aliphatic heterocycles. The van der Waals surface area contributed by atoms with Crippen molar-refractivity contribution in [1.82, 2.24) is 0 Å². The van der Waals surface area contributed by atoms with E-state index < -0.39 is 6.10 Å². The van der Waals surface area contributed by atoms with Crippen molar-refractivity contribution in [3.8, 4) is 5.75 Å². The molecule has 1 unspecified atom stereocenters. The van der Waals surface area contributed by atoms with Crippen molar-refractivity contribution in [3.63, 3.8) is 0 Å². The fraction of sp³-hybridized carbons (Fsp3) is 0.185. The van der Waals surface area contributed by atoms with Gasteiger partial charge in [0.05, 0.1) is 5.69 Å². The van der Waals surface area contributed by atoms with Crippen molar-refractivity contribution in [2.75, 3.05) is 5.32 Å². The first-order valence-electron chi connectivity index (χ1n) is 10.5. The van der Waals surface area contributed by atoms with Crippen LogP contribution < -0.4 is 10.1 Å². The summed E-state index contributed by atoms with van der Waals surface area (Å²) in [5, 5.41) is 3.53. The number of carbonyl (C=O) groups is 2. The zero-order chi connectivity index (χ0) is 22.8. The first kappa shape index (κ1) is 21.4. The topological polar surface area (TPSA) is 68.5 Å². The number of ketones is 1. The van der Waals surface area contributed by atoms with E-state index in [4.69, 9.17) is 9.15 Å². The molecule has 1 amide bonds. The smallest absolute Gasteiger partial charge is 0.265 e. The summed E-state index contributed by atoms with van der Waals surface area (Å²) in [6.45, 7) is 7.59. The van der Waals surface area contributed by atoms with Crippen molar-refractivity contribution in [2.24, 2.45) is 0 Å². The van der Waals surface area contributed by atoms with Gasteiger partial charge in [-0.25, -0.2) is 0 Å². The predicted molar refractivity (Wildman–Crippen MR) is 125 cm³/mol. The van der Waals surface area contributed by atoms with E-state index in [0.29, 0.717) is 28.0 Å². The minimum absolute atomic E-state index is 0.0994. The van der Waals surface area contributed by atoms with Crippen molar-refractivity contribution >= 4 is 28.3 Å². The molecule has 0 radical (unpaired) electrons. The predicted octanol–water partition coefficient (Wildman–Crippen LogP) is 6.00. The van der Waals surface area contributed by atoms with Crippen molar-refractivity contribution in [2.45, 2.75) is 33.8 Å². The van der Waals surface area contributed by atoms with Gasteiger partial charge in [-0.2, -0.15) is 0 Å². The third-order valence-corrected chi connectivity index (χ3v) is 5.59. The highest BCUT2D eigenvalue weighted by atomic mass is 16.5. The molecule has 0 fully saturated rings. The Balaban J connectivity index is 1.65. The van der Waals surface area contributed by atoms with Crippen LogP contribution in [0.1, 0.15) is 39.7 Å². The van der Waals surface area contributed by atoms with Crippen LogP contribution in [0.3, 0.4) is 0 Å². The number of carbonyl (C=O) groups excluding carboxylic acids is 2. The number of furan rings is 1. The summed E-state index contributed by atoms with van der Waals surface area (Å²) in [6, 6.07) is 20.2. The normalized spacial score (nSPS) is 11.9. The molecule has 1 atom stereocenters. The minimum atomic E-state index is -0.772. The molecule has 162 valence electrons. The van der Waals surface area contributed by atoms with Crippen LogP contribution in [0.15, 0.2) is 71.1 Å². The number of ether oxygens (including phenoxy) is 1. The van der Waals surface area contributed by atoms with E-state index in [0.717, 1.165) is 16.7 Å². The van der Waals surface area contributed by atoms with Crippen molar-refractivity contribution < 1.29 is 18.7 Å². The van der Waals surface area contributed by atoms with Gasteiger partial charge in [-0.3, -0.25) is 9.59 Å². The second-order valence-electron chi connectivity index (χ2n) is 7.94. The van der Waals surface area contributed by atoms with E-state index in [-0.39, 0.29) is 17.5 Å². The number of para-hydroxylation sites is 1. The zero-order valence-corrected chi connectivity index (χ0v) is 18.6. The summed E-state index contributed by atoms with van der Waals surface area (Å²) in [5.74, 6) is 0.0954. The van der Waals surface area contributed by atoms with Gasteiger partial charge in [0.15, 0.2) is 11.9 Å². The number of nitrogens with one attached hydrogen (secondary N) is 1. The van der Waals surface area contributed by atoms with Crippen LogP contribution in [0.4, 0.5) is 5.69 Å². The molecule has 32 heavy (non-hydrogen) atoms. The Bertz CT molecular complexity index is 1300. The molecule has 4 aromatic rings. The standard InChI is InChI=1S/C27H25NO4/c1-16-12-14-20(15-13-16)25(29)26-24(21-9-5-6-10-23(21)32-26)28-27(30)19(4)31-22-11-7-8-17(2)18(22)3/h5-15,19H,1-4H3,(H,28,30). The number of anilines is 1. The molecular formula is C27H25NO4. The van der Waals surface area contributed by atoms with Crippen LogP contribution in [0.2, 0.25) is 0 Å². The molecule has 4 rings (SSSR count). The third-order valence-electron chi connectivity index (χ3n) is 5.59. The van der Waals surface area contributed by atoms with Crippen LogP contribution in [-0.4, -0.2) is 17.8 Å². The van der Waals surface area contributed by atoms with E-state index >= 15 is 0 Å². The summed E-state index contributed by atoms with van der Waals surface area (Å²) in [4.78, 5) is 26.2. The maximum atomic E-state index is 13.2. The first-order chi connectivity index (χ1) is 15.3. The van der Waals surface area contributed by atoms with Gasteiger partial charge < -0.3 is 14.5 Å². The van der Waals surface area contributed by atoms with Crippen LogP contribution >= 0.6 is 0 Å². The molecule has 1 aromatic heterocycles. The maximum Gasteiger partial charge on any atom is 0.265 e. The Labute approximate surface area is 187 Å². The van der Waals surface area contributed by atoms with Gasteiger partial charge in [0.25, 0.3) is 5.91 Å². The SMILES string of the molecule is Cc1ccc(C(=O)c2oc3ccccc3c2NC(=O)C(C)Oc2cccc(C)c2C)cc1. The van der Waals surface area contributed by atoms with E-state index in [2.05, 4.69) is 5.32 Å². The maximum absolute atomic E-state index is 13.2. The Morgan fingerprint density at radius 3 is 2.38 bits per heavy atom. The highest BCUT2D eigenvalue weighted by molar-refractivity contribution is 6.17. The summed E-state index contributed by atoms with van der Waals surface area (Å²) in [5.41, 5.74) is 4.49. The van der Waals surface area contributed by atoms with Crippen LogP contribution in [0.5, 0.6) is 5.75 Å². The lowest BCUT2D eigenvalue weighted by Crippen LogP contribution is -2.30. The molecule has 0 saturated carbocycles. The molecule has 1 N–H and O–H groups in total. The van der Waals surface area contributed by atoms with E-state index in [1.54, 1.807) is 25.1 Å². The summed E-state index contributed by atoms with van der Waals surface area (Å²) < 4.78 is 11.8. The molecule has 0 aliphatic rings. The molecule has 3 aromatic carbocycles. The van der Waals surface area contributed by atoms with Gasteiger partial charge in [0.2, 0.25) is 5.78 Å². The molecule has 0 bridgehead atoms. The lowest BCUT2D eigenvalue weighted by molar-refractivity contribution is -0.122. The Morgan fingerprint density at radius 2 is 1.62 bits per heavy atom. The lowest BCUT2D eigenvalue weighted by atomic mass is 10.1. The van der Waals surface area contributed by atoms with Crippen molar-refractivity contribution in [1.29, 1.82) is 0 Å². The molecule has 5 nitrogen and oxygen atoms in total. The highest BCUT2D eigenvalue weighted by Crippen LogP contribution is 2.33. The average molecular weight is 428 g/mol. The summed E-state index contributed by atoms with van der Waals surface area (Å²) in [6.07, 6.45) is -0.772. The number of hydrogen-bond donors (Lipinski definition) is 1. The Morgan fingerprint density at radius 1 is 0.906 bits per heavy atom. The van der Waals surface area contributed by atoms with E-state index in [9.17, 15) is 9.59 Å². The molecule has 0 spiro atoms. The molecule has 0 aliphatic carbocycles. The van der Waals surface area contributed by atoms with Crippen LogP contribution in [0, 0.1) is 20.8 Å². The number of fused-ring (bicyclic) bond motifs is 1. The Hall–Kier alpha value is -3.86. The molecule has 5 heteroatoms. The number of rotatable bonds is 6. The first-order valence-corrected chi connectivity index (χ1v) is 10.5. The van der Waals surface area contributed by atoms with Gasteiger partial charge in [0, 0.05) is 10.9 Å². The number of amides is 1. The lowest BCUT2D eigenvalue weighted by Gasteiger charge is -2.17. The van der Waals surface area contributed by atoms with E-state index in [1.165, 1.54) is 0 Å². The molecular weight excluding hydrogens is 402 g/mol. The minimum Gasteiger partial charge on any atom is -0.481 e. The fourth-order valence-electron chi connectivity index (χ4n) is 3.49. The average Bonchev–Trinajstić information content (AvgIpc) is 3.15. The quantitative estimate of drug-likeness (QED) is 0.384. The van der Waals surface area contributed by atoms with Gasteiger partial charge in [0.1, 0.15) is 11.3 Å². The van der Waals surface area contributed by atoms with Crippen LogP contribution in [-0.2, 0) is 4.79 Å². The zero-order valence-electron chi connectivity index (χ0n) is 18.6. The second-order valence-corrected chi connectivity index (χ2v) is 7.94.